The minimum absolute atomic E-state index is 0.283. The van der Waals surface area contributed by atoms with Gasteiger partial charge in [-0.15, -0.1) is 0 Å². The summed E-state index contributed by atoms with van der Waals surface area (Å²) in [6.45, 7) is 6.42. The Hall–Kier alpha value is -0.250. The molecule has 0 amide bonds. The minimum Gasteiger partial charge on any atom is -0.491 e. The van der Waals surface area contributed by atoms with Crippen LogP contribution in [0.5, 0.6) is 5.75 Å². The zero-order valence-electron chi connectivity index (χ0n) is 10.3. The van der Waals surface area contributed by atoms with Gasteiger partial charge in [0.05, 0.1) is 6.10 Å². The molecule has 4 heteroatoms. The second-order valence-electron chi connectivity index (χ2n) is 4.41. The number of aryl methyl sites for hydroxylation is 1. The van der Waals surface area contributed by atoms with E-state index in [0.29, 0.717) is 11.2 Å². The molecule has 96 valence electrons. The highest BCUT2D eigenvalue weighted by Gasteiger charge is 2.11. The van der Waals surface area contributed by atoms with E-state index in [9.17, 15) is 5.11 Å². The zero-order chi connectivity index (χ0) is 13.0. The van der Waals surface area contributed by atoms with Gasteiger partial charge >= 0.3 is 0 Å². The van der Waals surface area contributed by atoms with Crippen molar-refractivity contribution in [2.45, 2.75) is 32.8 Å². The summed E-state index contributed by atoms with van der Waals surface area (Å²) < 4.78 is 5.60. The number of alkyl halides is 1. The number of hydrogen-bond acceptors (Lipinski definition) is 2. The molecule has 1 aromatic rings. The molecule has 1 rings (SSSR count). The molecule has 0 saturated heterocycles. The first-order chi connectivity index (χ1) is 7.95. The molecule has 0 saturated carbocycles. The van der Waals surface area contributed by atoms with Crippen LogP contribution in [0.4, 0.5) is 0 Å². The standard InChI is InChI=1S/C13H18BrClO2/c1-8(2)11-5-13(9(3)4-12(11)15)17-7-10(16)6-14/h4-5,8,10,16H,6-7H2,1-3H3. The lowest BCUT2D eigenvalue weighted by Gasteiger charge is -2.16. The van der Waals surface area contributed by atoms with Crippen molar-refractivity contribution < 1.29 is 9.84 Å². The smallest absolute Gasteiger partial charge is 0.122 e. The van der Waals surface area contributed by atoms with Crippen LogP contribution in [0.1, 0.15) is 30.9 Å². The fraction of sp³-hybridized carbons (Fsp3) is 0.538. The third kappa shape index (κ3) is 4.16. The van der Waals surface area contributed by atoms with Crippen LogP contribution in [0, 0.1) is 6.92 Å². The lowest BCUT2D eigenvalue weighted by Crippen LogP contribution is -2.19. The highest BCUT2D eigenvalue weighted by molar-refractivity contribution is 9.09. The van der Waals surface area contributed by atoms with Crippen molar-refractivity contribution in [1.29, 1.82) is 0 Å². The Labute approximate surface area is 116 Å². The first-order valence-electron chi connectivity index (χ1n) is 5.62. The first-order valence-corrected chi connectivity index (χ1v) is 7.12. The van der Waals surface area contributed by atoms with Crippen molar-refractivity contribution in [2.75, 3.05) is 11.9 Å². The average molecular weight is 322 g/mol. The fourth-order valence-electron chi connectivity index (χ4n) is 1.50. The molecule has 0 heterocycles. The number of ether oxygens (including phenoxy) is 1. The number of halogens is 2. The van der Waals surface area contributed by atoms with Gasteiger partial charge in [0.15, 0.2) is 0 Å². The van der Waals surface area contributed by atoms with Gasteiger partial charge in [-0.25, -0.2) is 0 Å². The maximum absolute atomic E-state index is 9.45. The lowest BCUT2D eigenvalue weighted by atomic mass is 10.0. The molecule has 0 aliphatic heterocycles. The summed E-state index contributed by atoms with van der Waals surface area (Å²) in [5.74, 6) is 1.14. The molecule has 0 spiro atoms. The van der Waals surface area contributed by atoms with E-state index in [2.05, 4.69) is 29.8 Å². The summed E-state index contributed by atoms with van der Waals surface area (Å²) in [6.07, 6.45) is -0.493. The molecular weight excluding hydrogens is 303 g/mol. The van der Waals surface area contributed by atoms with Crippen molar-refractivity contribution in [3.05, 3.63) is 28.3 Å². The average Bonchev–Trinajstić information content (AvgIpc) is 2.26. The molecular formula is C13H18BrClO2. The third-order valence-electron chi connectivity index (χ3n) is 2.53. The van der Waals surface area contributed by atoms with E-state index in [0.717, 1.165) is 21.9 Å². The van der Waals surface area contributed by atoms with E-state index in [1.165, 1.54) is 0 Å². The summed E-state index contributed by atoms with van der Waals surface area (Å²) in [6, 6.07) is 3.87. The van der Waals surface area contributed by atoms with Gasteiger partial charge in [-0.2, -0.15) is 0 Å². The molecule has 0 fully saturated rings. The number of hydrogen-bond donors (Lipinski definition) is 1. The Morgan fingerprint density at radius 3 is 2.59 bits per heavy atom. The Morgan fingerprint density at radius 2 is 2.06 bits per heavy atom. The summed E-state index contributed by atoms with van der Waals surface area (Å²) in [5, 5.41) is 10.7. The number of aliphatic hydroxyl groups excluding tert-OH is 1. The van der Waals surface area contributed by atoms with Crippen LogP contribution in [0.15, 0.2) is 12.1 Å². The van der Waals surface area contributed by atoms with Crippen molar-refractivity contribution in [3.63, 3.8) is 0 Å². The molecule has 1 atom stereocenters. The third-order valence-corrected chi connectivity index (χ3v) is 3.60. The molecule has 0 bridgehead atoms. The molecule has 1 aromatic carbocycles. The van der Waals surface area contributed by atoms with Crippen molar-refractivity contribution >= 4 is 27.5 Å². The second-order valence-corrected chi connectivity index (χ2v) is 5.47. The van der Waals surface area contributed by atoms with Crippen LogP contribution in [0.3, 0.4) is 0 Å². The maximum atomic E-state index is 9.45. The number of aliphatic hydroxyl groups is 1. The summed E-state index contributed by atoms with van der Waals surface area (Å²) in [7, 11) is 0. The summed E-state index contributed by atoms with van der Waals surface area (Å²) in [4.78, 5) is 0. The second kappa shape index (κ2) is 6.62. The molecule has 0 radical (unpaired) electrons. The van der Waals surface area contributed by atoms with Gasteiger partial charge in [-0.1, -0.05) is 41.4 Å². The fourth-order valence-corrected chi connectivity index (χ4v) is 2.12. The molecule has 1 N–H and O–H groups in total. The molecule has 0 aliphatic carbocycles. The van der Waals surface area contributed by atoms with Gasteiger partial charge in [-0.05, 0) is 36.1 Å². The van der Waals surface area contributed by atoms with Crippen molar-refractivity contribution in [1.82, 2.24) is 0 Å². The van der Waals surface area contributed by atoms with E-state index in [1.54, 1.807) is 0 Å². The topological polar surface area (TPSA) is 29.5 Å². The van der Waals surface area contributed by atoms with Gasteiger partial charge in [0.25, 0.3) is 0 Å². The Morgan fingerprint density at radius 1 is 1.41 bits per heavy atom. The van der Waals surface area contributed by atoms with Crippen LogP contribution in [-0.2, 0) is 0 Å². The van der Waals surface area contributed by atoms with Crippen LogP contribution < -0.4 is 4.74 Å². The van der Waals surface area contributed by atoms with Gasteiger partial charge in [0.1, 0.15) is 12.4 Å². The molecule has 0 aromatic heterocycles. The van der Waals surface area contributed by atoms with E-state index in [1.807, 2.05) is 19.1 Å². The molecule has 1 unspecified atom stereocenters. The zero-order valence-corrected chi connectivity index (χ0v) is 12.7. The van der Waals surface area contributed by atoms with Crippen molar-refractivity contribution in [2.24, 2.45) is 0 Å². The first kappa shape index (κ1) is 14.8. The van der Waals surface area contributed by atoms with Crippen LogP contribution in [-0.4, -0.2) is 23.1 Å². The number of benzene rings is 1. The Bertz CT molecular complexity index is 380. The van der Waals surface area contributed by atoms with Crippen LogP contribution in [0.2, 0.25) is 5.02 Å². The lowest BCUT2D eigenvalue weighted by molar-refractivity contribution is 0.127. The normalized spacial score (nSPS) is 12.9. The molecule has 17 heavy (non-hydrogen) atoms. The van der Waals surface area contributed by atoms with E-state index >= 15 is 0 Å². The van der Waals surface area contributed by atoms with Crippen molar-refractivity contribution in [3.8, 4) is 5.75 Å². The minimum atomic E-state index is -0.493. The van der Waals surface area contributed by atoms with E-state index in [-0.39, 0.29) is 6.61 Å². The summed E-state index contributed by atoms with van der Waals surface area (Å²) in [5.41, 5.74) is 2.06. The SMILES string of the molecule is Cc1cc(Cl)c(C(C)C)cc1OCC(O)CBr. The highest BCUT2D eigenvalue weighted by atomic mass is 79.9. The van der Waals surface area contributed by atoms with Gasteiger partial charge in [0, 0.05) is 10.4 Å². The predicted molar refractivity (Wildman–Crippen MR) is 75.6 cm³/mol. The predicted octanol–water partition coefficient (Wildman–Crippen LogP) is 3.91. The van der Waals surface area contributed by atoms with Gasteiger partial charge in [0.2, 0.25) is 0 Å². The largest absolute Gasteiger partial charge is 0.491 e. The maximum Gasteiger partial charge on any atom is 0.122 e. The monoisotopic (exact) mass is 320 g/mol. The van der Waals surface area contributed by atoms with E-state index in [4.69, 9.17) is 16.3 Å². The Balaban J connectivity index is 2.88. The highest BCUT2D eigenvalue weighted by Crippen LogP contribution is 2.31. The van der Waals surface area contributed by atoms with Crippen LogP contribution >= 0.6 is 27.5 Å². The molecule has 0 aliphatic rings. The Kier molecular flexibility index (Phi) is 5.77. The molecule has 2 nitrogen and oxygen atoms in total. The quantitative estimate of drug-likeness (QED) is 0.833. The van der Waals surface area contributed by atoms with Crippen LogP contribution in [0.25, 0.3) is 0 Å². The summed E-state index contributed by atoms with van der Waals surface area (Å²) >= 11 is 9.38. The van der Waals surface area contributed by atoms with E-state index < -0.39 is 6.10 Å². The van der Waals surface area contributed by atoms with Gasteiger partial charge in [-0.3, -0.25) is 0 Å². The number of rotatable bonds is 5. The van der Waals surface area contributed by atoms with Gasteiger partial charge < -0.3 is 9.84 Å².